The van der Waals surface area contributed by atoms with Crippen LogP contribution in [0, 0.1) is 0 Å². The first-order valence-electron chi connectivity index (χ1n) is 6.59. The maximum absolute atomic E-state index is 12.3. The van der Waals surface area contributed by atoms with Crippen molar-refractivity contribution in [2.45, 2.75) is 12.4 Å². The normalized spacial score (nSPS) is 15.3. The minimum Gasteiger partial charge on any atom is -0.455 e. The molecule has 0 saturated heterocycles. The first-order chi connectivity index (χ1) is 10.3. The predicted molar refractivity (Wildman–Crippen MR) is 76.2 cm³/mol. The molecule has 1 N–H and O–H groups in total. The zero-order valence-electron chi connectivity index (χ0n) is 11.2. The smallest absolute Gasteiger partial charge is 0.266 e. The van der Waals surface area contributed by atoms with Crippen LogP contribution in [0.3, 0.4) is 0 Å². The van der Waals surface area contributed by atoms with Crippen LogP contribution in [0.1, 0.15) is 33.9 Å². The van der Waals surface area contributed by atoms with Crippen molar-refractivity contribution in [3.05, 3.63) is 83.8 Å². The van der Waals surface area contributed by atoms with Gasteiger partial charge in [0, 0.05) is 11.1 Å². The number of Topliss-reactive ketones (excluding diaryl/α,β-unsaturated/α-hetero) is 1. The summed E-state index contributed by atoms with van der Waals surface area (Å²) in [7, 11) is 0. The number of aliphatic hydroxyl groups excluding tert-OH is 1. The summed E-state index contributed by atoms with van der Waals surface area (Å²) in [5.41, 5.74) is 1.84. The van der Waals surface area contributed by atoms with Gasteiger partial charge in [-0.05, 0) is 5.56 Å². The quantitative estimate of drug-likeness (QED) is 0.875. The summed E-state index contributed by atoms with van der Waals surface area (Å²) in [6.45, 7) is 0. The van der Waals surface area contributed by atoms with Crippen LogP contribution in [0.2, 0.25) is 0 Å². The molecule has 0 radical (unpaired) electrons. The summed E-state index contributed by atoms with van der Waals surface area (Å²) in [5, 5.41) is 10.1. The fourth-order valence-electron chi connectivity index (χ4n) is 2.15. The molecular weight excluding hydrogens is 268 g/mol. The zero-order chi connectivity index (χ0) is 14.7. The largest absolute Gasteiger partial charge is 0.455 e. The molecule has 0 saturated carbocycles. The predicted octanol–water partition coefficient (Wildman–Crippen LogP) is 3.12. The Kier molecular flexibility index (Phi) is 3.71. The third kappa shape index (κ3) is 2.80. The minimum atomic E-state index is -1.15. The van der Waals surface area contributed by atoms with Crippen LogP contribution in [-0.4, -0.2) is 10.9 Å². The van der Waals surface area contributed by atoms with E-state index < -0.39 is 12.4 Å². The van der Waals surface area contributed by atoms with Gasteiger partial charge in [-0.2, -0.15) is 0 Å². The molecule has 4 nitrogen and oxygen atoms in total. The van der Waals surface area contributed by atoms with Crippen molar-refractivity contribution >= 4 is 5.78 Å². The number of carbonyl (C=O) groups excluding carboxylic acids is 1. The van der Waals surface area contributed by atoms with Gasteiger partial charge in [-0.1, -0.05) is 54.6 Å². The molecule has 0 spiro atoms. The molecule has 0 aromatic heterocycles. The molecule has 106 valence electrons. The van der Waals surface area contributed by atoms with Crippen LogP contribution in [0.15, 0.2) is 67.1 Å². The van der Waals surface area contributed by atoms with Crippen LogP contribution < -0.4 is 0 Å². The second-order valence-corrected chi connectivity index (χ2v) is 4.68. The Morgan fingerprint density at radius 1 is 0.952 bits per heavy atom. The molecule has 1 unspecified atom stereocenters. The van der Waals surface area contributed by atoms with Crippen molar-refractivity contribution in [2.24, 2.45) is 0 Å². The molecule has 0 fully saturated rings. The maximum Gasteiger partial charge on any atom is 0.266 e. The second-order valence-electron chi connectivity index (χ2n) is 4.68. The third-order valence-electron chi connectivity index (χ3n) is 3.29. The van der Waals surface area contributed by atoms with Crippen LogP contribution >= 0.6 is 0 Å². The molecule has 0 aliphatic carbocycles. The standard InChI is InChI=1S/C17H14O4/c18-15(12-4-2-1-3-5-12)16(19)13-6-8-14(9-7-13)17-20-10-11-21-17/h1-11,15,17-18H. The number of hydrogen-bond donors (Lipinski definition) is 1. The van der Waals surface area contributed by atoms with Gasteiger partial charge in [0.25, 0.3) is 6.29 Å². The molecule has 1 aliphatic heterocycles. The highest BCUT2D eigenvalue weighted by molar-refractivity contribution is 5.99. The lowest BCUT2D eigenvalue weighted by atomic mass is 9.99. The summed E-state index contributed by atoms with van der Waals surface area (Å²) in [6.07, 6.45) is 1.33. The average Bonchev–Trinajstić information content (AvgIpc) is 3.09. The molecule has 2 aromatic carbocycles. The van der Waals surface area contributed by atoms with Gasteiger partial charge in [0.05, 0.1) is 0 Å². The van der Waals surface area contributed by atoms with E-state index in [4.69, 9.17) is 9.47 Å². The van der Waals surface area contributed by atoms with E-state index in [-0.39, 0.29) is 5.78 Å². The maximum atomic E-state index is 12.3. The molecule has 1 aliphatic rings. The van der Waals surface area contributed by atoms with E-state index in [9.17, 15) is 9.90 Å². The Hall–Kier alpha value is -2.59. The van der Waals surface area contributed by atoms with Crippen molar-refractivity contribution < 1.29 is 19.4 Å². The second kappa shape index (κ2) is 5.81. The fourth-order valence-corrected chi connectivity index (χ4v) is 2.15. The van der Waals surface area contributed by atoms with Gasteiger partial charge in [-0.3, -0.25) is 4.79 Å². The first-order valence-corrected chi connectivity index (χ1v) is 6.59. The molecule has 21 heavy (non-hydrogen) atoms. The number of rotatable bonds is 4. The van der Waals surface area contributed by atoms with Gasteiger partial charge in [-0.25, -0.2) is 0 Å². The summed E-state index contributed by atoms with van der Waals surface area (Å²) in [6, 6.07) is 15.7. The van der Waals surface area contributed by atoms with Crippen molar-refractivity contribution in [3.63, 3.8) is 0 Å². The fraction of sp³-hybridized carbons (Fsp3) is 0.118. The zero-order valence-corrected chi connectivity index (χ0v) is 11.2. The summed E-state index contributed by atoms with van der Waals surface area (Å²) in [5.74, 6) is -0.334. The highest BCUT2D eigenvalue weighted by Crippen LogP contribution is 2.25. The van der Waals surface area contributed by atoms with Gasteiger partial charge >= 0.3 is 0 Å². The van der Waals surface area contributed by atoms with Crippen LogP contribution in [0.4, 0.5) is 0 Å². The van der Waals surface area contributed by atoms with Crippen molar-refractivity contribution in [1.82, 2.24) is 0 Å². The van der Waals surface area contributed by atoms with Gasteiger partial charge in [-0.15, -0.1) is 0 Å². The van der Waals surface area contributed by atoms with E-state index in [2.05, 4.69) is 0 Å². The highest BCUT2D eigenvalue weighted by Gasteiger charge is 2.20. The van der Waals surface area contributed by atoms with Crippen molar-refractivity contribution in [3.8, 4) is 0 Å². The number of carbonyl (C=O) groups is 1. The molecule has 0 amide bonds. The summed E-state index contributed by atoms with van der Waals surface area (Å²) < 4.78 is 10.4. The number of ketones is 1. The van der Waals surface area contributed by atoms with E-state index in [0.29, 0.717) is 11.1 Å². The van der Waals surface area contributed by atoms with Crippen molar-refractivity contribution in [2.75, 3.05) is 0 Å². The molecule has 1 atom stereocenters. The molecule has 0 bridgehead atoms. The lowest BCUT2D eigenvalue weighted by molar-refractivity contribution is -0.0246. The van der Waals surface area contributed by atoms with Crippen LogP contribution in [0.5, 0.6) is 0 Å². The molecular formula is C17H14O4. The molecule has 4 heteroatoms. The first kappa shape index (κ1) is 13.4. The van der Waals surface area contributed by atoms with E-state index in [0.717, 1.165) is 5.56 Å². The van der Waals surface area contributed by atoms with Gasteiger partial charge in [0.1, 0.15) is 18.6 Å². The molecule has 2 aromatic rings. The Labute approximate surface area is 122 Å². The van der Waals surface area contributed by atoms with Gasteiger partial charge in [0.15, 0.2) is 5.78 Å². The number of ether oxygens (including phenoxy) is 2. The minimum absolute atomic E-state index is 0.334. The monoisotopic (exact) mass is 282 g/mol. The average molecular weight is 282 g/mol. The Bertz CT molecular complexity index is 638. The Balaban J connectivity index is 1.75. The lowest BCUT2D eigenvalue weighted by Gasteiger charge is -2.12. The van der Waals surface area contributed by atoms with Crippen LogP contribution in [-0.2, 0) is 9.47 Å². The summed E-state index contributed by atoms with van der Waals surface area (Å²) >= 11 is 0. The Morgan fingerprint density at radius 2 is 1.57 bits per heavy atom. The van der Waals surface area contributed by atoms with E-state index in [1.807, 2.05) is 6.07 Å². The number of hydrogen-bond acceptors (Lipinski definition) is 4. The SMILES string of the molecule is O=C(c1ccc(C2OC=CO2)cc1)C(O)c1ccccc1. The number of aliphatic hydroxyl groups is 1. The van der Waals surface area contributed by atoms with E-state index >= 15 is 0 Å². The number of benzene rings is 2. The highest BCUT2D eigenvalue weighted by atomic mass is 16.7. The topological polar surface area (TPSA) is 55.8 Å². The Morgan fingerprint density at radius 3 is 2.19 bits per heavy atom. The lowest BCUT2D eigenvalue weighted by Crippen LogP contribution is -2.12. The van der Waals surface area contributed by atoms with E-state index in [1.54, 1.807) is 48.5 Å². The van der Waals surface area contributed by atoms with E-state index in [1.165, 1.54) is 12.5 Å². The van der Waals surface area contributed by atoms with Crippen molar-refractivity contribution in [1.29, 1.82) is 0 Å². The third-order valence-corrected chi connectivity index (χ3v) is 3.29. The van der Waals surface area contributed by atoms with Gasteiger partial charge in [0.2, 0.25) is 0 Å². The summed E-state index contributed by atoms with van der Waals surface area (Å²) in [4.78, 5) is 12.3. The molecule has 3 rings (SSSR count). The van der Waals surface area contributed by atoms with Crippen LogP contribution in [0.25, 0.3) is 0 Å². The molecule has 1 heterocycles. The van der Waals surface area contributed by atoms with Gasteiger partial charge < -0.3 is 14.6 Å².